The number of aromatic carboxylic acids is 1. The van der Waals surface area contributed by atoms with Crippen LogP contribution in [0.3, 0.4) is 0 Å². The van der Waals surface area contributed by atoms with Crippen molar-refractivity contribution in [3.8, 4) is 0 Å². The van der Waals surface area contributed by atoms with Gasteiger partial charge in [0.15, 0.2) is 0 Å². The van der Waals surface area contributed by atoms with E-state index in [0.717, 1.165) is 17.3 Å². The van der Waals surface area contributed by atoms with Crippen LogP contribution in [0.5, 0.6) is 0 Å². The number of benzene rings is 1. The zero-order chi connectivity index (χ0) is 11.4. The maximum atomic E-state index is 10.8. The van der Waals surface area contributed by atoms with E-state index >= 15 is 0 Å². The topological polar surface area (TPSA) is 74.6 Å². The highest BCUT2D eigenvalue weighted by molar-refractivity contribution is 8.00. The highest BCUT2D eigenvalue weighted by Crippen LogP contribution is 2.24. The van der Waals surface area contributed by atoms with Crippen LogP contribution in [0.2, 0.25) is 0 Å². The van der Waals surface area contributed by atoms with Crippen molar-refractivity contribution < 1.29 is 19.8 Å². The molecule has 0 radical (unpaired) electrons. The minimum Gasteiger partial charge on any atom is -0.481 e. The second-order valence-corrected chi connectivity index (χ2v) is 4.00. The Kier molecular flexibility index (Phi) is 3.74. The van der Waals surface area contributed by atoms with Crippen LogP contribution in [0.15, 0.2) is 23.1 Å². The number of hydrogen-bond donors (Lipinski definition) is 2. The summed E-state index contributed by atoms with van der Waals surface area (Å²) >= 11 is 1.02. The van der Waals surface area contributed by atoms with Crippen LogP contribution in [0.25, 0.3) is 0 Å². The Morgan fingerprint density at radius 2 is 2.00 bits per heavy atom. The Balaban J connectivity index is 2.96. The number of rotatable bonds is 4. The van der Waals surface area contributed by atoms with E-state index in [0.29, 0.717) is 4.90 Å². The maximum Gasteiger partial charge on any atom is 0.336 e. The van der Waals surface area contributed by atoms with Crippen molar-refractivity contribution >= 4 is 23.7 Å². The van der Waals surface area contributed by atoms with E-state index in [9.17, 15) is 9.59 Å². The van der Waals surface area contributed by atoms with Gasteiger partial charge in [0, 0.05) is 4.90 Å². The molecule has 1 aromatic rings. The van der Waals surface area contributed by atoms with Gasteiger partial charge >= 0.3 is 11.9 Å². The molecule has 0 unspecified atom stereocenters. The third kappa shape index (κ3) is 3.28. The fraction of sp³-hybridized carbons (Fsp3) is 0.200. The van der Waals surface area contributed by atoms with Crippen molar-refractivity contribution in [1.82, 2.24) is 0 Å². The number of carbonyl (C=O) groups is 2. The Labute approximate surface area is 90.9 Å². The van der Waals surface area contributed by atoms with Gasteiger partial charge in [-0.1, -0.05) is 6.07 Å². The molecule has 0 fully saturated rings. The lowest BCUT2D eigenvalue weighted by atomic mass is 10.1. The zero-order valence-corrected chi connectivity index (χ0v) is 8.87. The van der Waals surface area contributed by atoms with Gasteiger partial charge in [-0.05, 0) is 24.6 Å². The van der Waals surface area contributed by atoms with E-state index in [1.807, 2.05) is 6.92 Å². The molecule has 1 rings (SSSR count). The second kappa shape index (κ2) is 4.84. The Hall–Kier alpha value is -1.49. The Morgan fingerprint density at radius 3 is 2.53 bits per heavy atom. The SMILES string of the molecule is Cc1ccc(C(=O)O)c(SCC(=O)O)c1. The summed E-state index contributed by atoms with van der Waals surface area (Å²) in [6.45, 7) is 1.83. The third-order valence-electron chi connectivity index (χ3n) is 1.72. The summed E-state index contributed by atoms with van der Waals surface area (Å²) in [6.07, 6.45) is 0. The first-order valence-electron chi connectivity index (χ1n) is 4.19. The predicted molar refractivity (Wildman–Crippen MR) is 56.5 cm³/mol. The van der Waals surface area contributed by atoms with E-state index in [4.69, 9.17) is 10.2 Å². The number of carboxylic acid groups (broad SMARTS) is 2. The maximum absolute atomic E-state index is 10.8. The minimum absolute atomic E-state index is 0.135. The summed E-state index contributed by atoms with van der Waals surface area (Å²) in [6, 6.07) is 4.85. The quantitative estimate of drug-likeness (QED) is 0.766. The summed E-state index contributed by atoms with van der Waals surface area (Å²) in [5, 5.41) is 17.4. The van der Waals surface area contributed by atoms with Crippen molar-refractivity contribution in [3.05, 3.63) is 29.3 Å². The van der Waals surface area contributed by atoms with Crippen molar-refractivity contribution in [2.45, 2.75) is 11.8 Å². The molecule has 2 N–H and O–H groups in total. The average molecular weight is 226 g/mol. The zero-order valence-electron chi connectivity index (χ0n) is 8.06. The molecule has 0 spiro atoms. The first kappa shape index (κ1) is 11.6. The molecule has 0 aliphatic heterocycles. The van der Waals surface area contributed by atoms with E-state index < -0.39 is 11.9 Å². The van der Waals surface area contributed by atoms with Crippen LogP contribution in [0.1, 0.15) is 15.9 Å². The molecule has 0 amide bonds. The lowest BCUT2D eigenvalue weighted by Gasteiger charge is -2.05. The summed E-state index contributed by atoms with van der Waals surface area (Å²) in [4.78, 5) is 21.7. The first-order chi connectivity index (χ1) is 7.00. The smallest absolute Gasteiger partial charge is 0.336 e. The van der Waals surface area contributed by atoms with Gasteiger partial charge in [0.05, 0.1) is 11.3 Å². The molecule has 0 saturated carbocycles. The molecule has 15 heavy (non-hydrogen) atoms. The summed E-state index contributed by atoms with van der Waals surface area (Å²) in [5.74, 6) is -2.13. The lowest BCUT2D eigenvalue weighted by molar-refractivity contribution is -0.133. The number of thioether (sulfide) groups is 1. The first-order valence-corrected chi connectivity index (χ1v) is 5.18. The van der Waals surface area contributed by atoms with Crippen molar-refractivity contribution in [3.63, 3.8) is 0 Å². The number of aliphatic carboxylic acids is 1. The second-order valence-electron chi connectivity index (χ2n) is 2.99. The number of hydrogen-bond acceptors (Lipinski definition) is 3. The van der Waals surface area contributed by atoms with Gasteiger partial charge in [0.25, 0.3) is 0 Å². The molecule has 0 aliphatic carbocycles. The number of carboxylic acids is 2. The van der Waals surface area contributed by atoms with Gasteiger partial charge in [-0.2, -0.15) is 0 Å². The van der Waals surface area contributed by atoms with Crippen molar-refractivity contribution in [2.24, 2.45) is 0 Å². The average Bonchev–Trinajstić information content (AvgIpc) is 2.14. The molecule has 0 aliphatic rings. The van der Waals surface area contributed by atoms with E-state index in [1.54, 1.807) is 12.1 Å². The highest BCUT2D eigenvalue weighted by atomic mass is 32.2. The van der Waals surface area contributed by atoms with Gasteiger partial charge in [-0.3, -0.25) is 4.79 Å². The fourth-order valence-electron chi connectivity index (χ4n) is 1.07. The number of aryl methyl sites for hydroxylation is 1. The van der Waals surface area contributed by atoms with Crippen LogP contribution < -0.4 is 0 Å². The Bertz CT molecular complexity index is 400. The van der Waals surface area contributed by atoms with Crippen molar-refractivity contribution in [2.75, 3.05) is 5.75 Å². The molecule has 0 bridgehead atoms. The van der Waals surface area contributed by atoms with E-state index in [1.165, 1.54) is 6.07 Å². The van der Waals surface area contributed by atoms with Gasteiger partial charge in [-0.15, -0.1) is 11.8 Å². The van der Waals surface area contributed by atoms with Crippen LogP contribution in [0, 0.1) is 6.92 Å². The molecule has 5 heteroatoms. The molecular formula is C10H10O4S. The van der Waals surface area contributed by atoms with Crippen molar-refractivity contribution in [1.29, 1.82) is 0 Å². The van der Waals surface area contributed by atoms with Crippen LogP contribution >= 0.6 is 11.8 Å². The summed E-state index contributed by atoms with van der Waals surface area (Å²) in [7, 11) is 0. The standard InChI is InChI=1S/C10H10O4S/c1-6-2-3-7(10(13)14)8(4-6)15-5-9(11)12/h2-4H,5H2,1H3,(H,11,12)(H,13,14). The fourth-order valence-corrected chi connectivity index (χ4v) is 1.92. The molecule has 4 nitrogen and oxygen atoms in total. The monoisotopic (exact) mass is 226 g/mol. The molecule has 0 atom stereocenters. The predicted octanol–water partition coefficient (Wildman–Crippen LogP) is 1.87. The van der Waals surface area contributed by atoms with Gasteiger partial charge < -0.3 is 10.2 Å². The normalized spacial score (nSPS) is 9.93. The van der Waals surface area contributed by atoms with E-state index in [-0.39, 0.29) is 11.3 Å². The van der Waals surface area contributed by atoms with Gasteiger partial charge in [0.1, 0.15) is 0 Å². The minimum atomic E-state index is -1.04. The van der Waals surface area contributed by atoms with Crippen LogP contribution in [0.4, 0.5) is 0 Å². The molecule has 0 saturated heterocycles. The Morgan fingerprint density at radius 1 is 1.33 bits per heavy atom. The van der Waals surface area contributed by atoms with Gasteiger partial charge in [-0.25, -0.2) is 4.79 Å². The largest absolute Gasteiger partial charge is 0.481 e. The molecular weight excluding hydrogens is 216 g/mol. The van der Waals surface area contributed by atoms with E-state index in [2.05, 4.69) is 0 Å². The molecule has 1 aromatic carbocycles. The van der Waals surface area contributed by atoms with Crippen LogP contribution in [-0.2, 0) is 4.79 Å². The molecule has 80 valence electrons. The summed E-state index contributed by atoms with van der Waals surface area (Å²) in [5.41, 5.74) is 1.06. The summed E-state index contributed by atoms with van der Waals surface area (Å²) < 4.78 is 0. The molecule has 0 heterocycles. The third-order valence-corrected chi connectivity index (χ3v) is 2.76. The lowest BCUT2D eigenvalue weighted by Crippen LogP contribution is -2.02. The highest BCUT2D eigenvalue weighted by Gasteiger charge is 2.11. The van der Waals surface area contributed by atoms with Gasteiger partial charge in [0.2, 0.25) is 0 Å². The van der Waals surface area contributed by atoms with Crippen LogP contribution in [-0.4, -0.2) is 27.9 Å². The molecule has 0 aromatic heterocycles.